The van der Waals surface area contributed by atoms with Gasteiger partial charge in [-0.1, -0.05) is 26.7 Å². The van der Waals surface area contributed by atoms with Gasteiger partial charge in [0.15, 0.2) is 0 Å². The topological polar surface area (TPSA) is 67.8 Å². The highest BCUT2D eigenvalue weighted by Crippen LogP contribution is 2.41. The van der Waals surface area contributed by atoms with Crippen LogP contribution >= 0.6 is 7.82 Å². The molecular weight excluding hydrogens is 229 g/mol. The van der Waals surface area contributed by atoms with Crippen LogP contribution in [0.2, 0.25) is 0 Å². The number of rotatable bonds is 9. The molecule has 0 amide bonds. The predicted molar refractivity (Wildman–Crippen MR) is 66.5 cm³/mol. The highest BCUT2D eigenvalue weighted by Gasteiger charge is 2.16. The molecule has 0 aromatic carbocycles. The highest BCUT2D eigenvalue weighted by molar-refractivity contribution is 7.47. The van der Waals surface area contributed by atoms with Crippen molar-refractivity contribution in [2.45, 2.75) is 39.5 Å². The fourth-order valence-corrected chi connectivity index (χ4v) is 1.46. The van der Waals surface area contributed by atoms with E-state index in [1.807, 2.05) is 20.9 Å². The Morgan fingerprint density at radius 3 is 2.25 bits per heavy atom. The van der Waals surface area contributed by atoms with E-state index < -0.39 is 7.82 Å². The van der Waals surface area contributed by atoms with Gasteiger partial charge in [0.05, 0.1) is 6.61 Å². The lowest BCUT2D eigenvalue weighted by Crippen LogP contribution is -2.07. The second kappa shape index (κ2) is 13.1. The number of hydrogen-bond donors (Lipinski definition) is 2. The van der Waals surface area contributed by atoms with Gasteiger partial charge >= 0.3 is 7.82 Å². The summed E-state index contributed by atoms with van der Waals surface area (Å²) in [6.45, 7) is 5.29. The van der Waals surface area contributed by atoms with Gasteiger partial charge in [0.2, 0.25) is 0 Å². The molecule has 1 unspecified atom stereocenters. The first kappa shape index (κ1) is 18.4. The molecule has 6 heteroatoms. The summed E-state index contributed by atoms with van der Waals surface area (Å²) in [4.78, 5) is 8.87. The standard InChI is InChI=1S/C8H20NO4P.C2H6/c1-9-7-5-3-4-6-8-13-14(10,11)12-2;1-2/h9H,3-8H2,1-2H3,(H,10,11);1-2H3. The first-order chi connectivity index (χ1) is 7.62. The average molecular weight is 255 g/mol. The molecule has 0 spiro atoms. The Kier molecular flexibility index (Phi) is 15.1. The normalized spacial score (nSPS) is 13.8. The molecule has 0 heterocycles. The van der Waals surface area contributed by atoms with Crippen LogP contribution in [0.4, 0.5) is 0 Å². The third-order valence-corrected chi connectivity index (χ3v) is 2.78. The van der Waals surface area contributed by atoms with E-state index in [1.54, 1.807) is 0 Å². The van der Waals surface area contributed by atoms with E-state index in [0.29, 0.717) is 0 Å². The summed E-state index contributed by atoms with van der Waals surface area (Å²) >= 11 is 0. The number of phosphoric acid groups is 1. The molecule has 0 aliphatic heterocycles. The first-order valence-electron chi connectivity index (χ1n) is 5.80. The Labute approximate surface area is 99.2 Å². The Balaban J connectivity index is 0. The third-order valence-electron chi connectivity index (χ3n) is 1.81. The Hall–Kier alpha value is 0.0700. The number of hydrogen-bond acceptors (Lipinski definition) is 4. The van der Waals surface area contributed by atoms with Crippen LogP contribution in [0.3, 0.4) is 0 Å². The van der Waals surface area contributed by atoms with Crippen molar-refractivity contribution in [3.63, 3.8) is 0 Å². The highest BCUT2D eigenvalue weighted by atomic mass is 31.2. The lowest BCUT2D eigenvalue weighted by molar-refractivity contribution is 0.170. The smallest absolute Gasteiger partial charge is 0.320 e. The average Bonchev–Trinajstić information content (AvgIpc) is 2.30. The van der Waals surface area contributed by atoms with Crippen LogP contribution in [0.1, 0.15) is 39.5 Å². The molecule has 0 radical (unpaired) electrons. The molecule has 1 atom stereocenters. The molecule has 16 heavy (non-hydrogen) atoms. The van der Waals surface area contributed by atoms with Gasteiger partial charge in [-0.25, -0.2) is 4.57 Å². The van der Waals surface area contributed by atoms with Gasteiger partial charge in [-0.3, -0.25) is 9.05 Å². The van der Waals surface area contributed by atoms with Gasteiger partial charge in [0.25, 0.3) is 0 Å². The fraction of sp³-hybridized carbons (Fsp3) is 1.00. The molecule has 0 rings (SSSR count). The zero-order valence-electron chi connectivity index (χ0n) is 10.9. The maximum atomic E-state index is 10.8. The molecule has 0 aromatic rings. The van der Waals surface area contributed by atoms with Gasteiger partial charge in [-0.15, -0.1) is 0 Å². The zero-order valence-corrected chi connectivity index (χ0v) is 11.8. The monoisotopic (exact) mass is 255 g/mol. The molecule has 0 fully saturated rings. The minimum atomic E-state index is -3.75. The van der Waals surface area contributed by atoms with Crippen molar-refractivity contribution in [1.82, 2.24) is 5.32 Å². The van der Waals surface area contributed by atoms with E-state index in [9.17, 15) is 4.57 Å². The van der Waals surface area contributed by atoms with Crippen LogP contribution in [-0.4, -0.2) is 32.2 Å². The van der Waals surface area contributed by atoms with Crippen LogP contribution in [-0.2, 0) is 13.6 Å². The van der Waals surface area contributed by atoms with Crippen molar-refractivity contribution < 1.29 is 18.5 Å². The van der Waals surface area contributed by atoms with Crippen LogP contribution in [0.5, 0.6) is 0 Å². The van der Waals surface area contributed by atoms with Crippen LogP contribution in [0.25, 0.3) is 0 Å². The first-order valence-corrected chi connectivity index (χ1v) is 7.29. The van der Waals surface area contributed by atoms with Crippen molar-refractivity contribution in [2.24, 2.45) is 0 Å². The lowest BCUT2D eigenvalue weighted by atomic mass is 10.2. The van der Waals surface area contributed by atoms with E-state index in [0.717, 1.165) is 39.3 Å². The lowest BCUT2D eigenvalue weighted by Gasteiger charge is -2.08. The third kappa shape index (κ3) is 14.1. The molecule has 0 saturated carbocycles. The molecule has 0 aliphatic rings. The van der Waals surface area contributed by atoms with Gasteiger partial charge in [0, 0.05) is 7.11 Å². The molecule has 5 nitrogen and oxygen atoms in total. The van der Waals surface area contributed by atoms with Crippen LogP contribution in [0, 0.1) is 0 Å². The van der Waals surface area contributed by atoms with Crippen molar-refractivity contribution in [3.8, 4) is 0 Å². The number of phosphoric ester groups is 1. The summed E-state index contributed by atoms with van der Waals surface area (Å²) in [5, 5.41) is 3.06. The summed E-state index contributed by atoms with van der Waals surface area (Å²) in [5.74, 6) is 0. The van der Waals surface area contributed by atoms with Crippen LogP contribution < -0.4 is 5.32 Å². The molecule has 0 saturated heterocycles. The van der Waals surface area contributed by atoms with Crippen molar-refractivity contribution in [2.75, 3.05) is 27.3 Å². The fourth-order valence-electron chi connectivity index (χ4n) is 0.990. The van der Waals surface area contributed by atoms with E-state index >= 15 is 0 Å². The second-order valence-corrected chi connectivity index (χ2v) is 4.56. The summed E-state index contributed by atoms with van der Waals surface area (Å²) in [6.07, 6.45) is 4.02. The second-order valence-electron chi connectivity index (χ2n) is 3.00. The van der Waals surface area contributed by atoms with Crippen molar-refractivity contribution in [3.05, 3.63) is 0 Å². The summed E-state index contributed by atoms with van der Waals surface area (Å²) in [5.41, 5.74) is 0. The van der Waals surface area contributed by atoms with Gasteiger partial charge in [0.1, 0.15) is 0 Å². The summed E-state index contributed by atoms with van der Waals surface area (Å²) in [6, 6.07) is 0. The number of nitrogens with one attached hydrogen (secondary N) is 1. The maximum Gasteiger partial charge on any atom is 0.471 e. The Morgan fingerprint density at radius 2 is 1.75 bits per heavy atom. The largest absolute Gasteiger partial charge is 0.471 e. The summed E-state index contributed by atoms with van der Waals surface area (Å²) in [7, 11) is -0.666. The van der Waals surface area contributed by atoms with Crippen LogP contribution in [0.15, 0.2) is 0 Å². The summed E-state index contributed by atoms with van der Waals surface area (Å²) < 4.78 is 19.7. The van der Waals surface area contributed by atoms with Crippen molar-refractivity contribution >= 4 is 7.82 Å². The maximum absolute atomic E-state index is 10.8. The van der Waals surface area contributed by atoms with Gasteiger partial charge in [-0.2, -0.15) is 0 Å². The van der Waals surface area contributed by atoms with E-state index in [1.165, 1.54) is 0 Å². The molecule has 0 bridgehead atoms. The van der Waals surface area contributed by atoms with Gasteiger partial charge in [-0.05, 0) is 26.4 Å². The molecular formula is C10H26NO4P. The van der Waals surface area contributed by atoms with E-state index in [4.69, 9.17) is 4.89 Å². The van der Waals surface area contributed by atoms with E-state index in [-0.39, 0.29) is 6.61 Å². The Bertz CT molecular complexity index is 178. The predicted octanol–water partition coefficient (Wildman–Crippen LogP) is 2.56. The zero-order chi connectivity index (χ0) is 12.9. The van der Waals surface area contributed by atoms with Crippen molar-refractivity contribution in [1.29, 1.82) is 0 Å². The molecule has 2 N–H and O–H groups in total. The molecule has 0 aliphatic carbocycles. The molecule has 100 valence electrons. The molecule has 0 aromatic heterocycles. The number of unbranched alkanes of at least 4 members (excludes halogenated alkanes) is 3. The quantitative estimate of drug-likeness (QED) is 0.489. The van der Waals surface area contributed by atoms with E-state index in [2.05, 4.69) is 14.4 Å². The van der Waals surface area contributed by atoms with Gasteiger partial charge < -0.3 is 10.2 Å². The minimum Gasteiger partial charge on any atom is -0.320 e. The Morgan fingerprint density at radius 1 is 1.19 bits per heavy atom. The minimum absolute atomic E-state index is 0.279. The SMILES string of the molecule is CC.CNCCCCCCOP(=O)(O)OC.